The Labute approximate surface area is 104 Å². The molecule has 0 saturated carbocycles. The predicted molar refractivity (Wildman–Crippen MR) is 71.1 cm³/mol. The van der Waals surface area contributed by atoms with Crippen LogP contribution in [0.25, 0.3) is 0 Å². The van der Waals surface area contributed by atoms with Crippen LogP contribution in [0.15, 0.2) is 24.3 Å². The van der Waals surface area contributed by atoms with Crippen molar-refractivity contribution in [3.05, 3.63) is 29.8 Å². The maximum atomic E-state index is 11.7. The highest BCUT2D eigenvalue weighted by Gasteiger charge is 2.12. The summed E-state index contributed by atoms with van der Waals surface area (Å²) in [6, 6.07) is 7.34. The van der Waals surface area contributed by atoms with Gasteiger partial charge in [-0.1, -0.05) is 32.0 Å². The van der Waals surface area contributed by atoms with Crippen molar-refractivity contribution in [1.82, 2.24) is 0 Å². The molecular formula is C12H18N2O2S. The fourth-order valence-corrected chi connectivity index (χ4v) is 1.97. The largest absolute Gasteiger partial charge is 0.326 e. The fourth-order valence-electron chi connectivity index (χ4n) is 1.30. The molecule has 0 aliphatic rings. The Hall–Kier alpha value is -1.20. The van der Waals surface area contributed by atoms with Gasteiger partial charge in [0.2, 0.25) is 5.91 Å². The number of carbonyl (C=O) groups excluding carboxylic acids is 1. The van der Waals surface area contributed by atoms with Gasteiger partial charge in [0.1, 0.15) is 5.75 Å². The molecule has 17 heavy (non-hydrogen) atoms. The molecule has 0 aromatic heterocycles. The summed E-state index contributed by atoms with van der Waals surface area (Å²) < 4.78 is 11.5. The highest BCUT2D eigenvalue weighted by atomic mass is 32.2. The highest BCUT2D eigenvalue weighted by molar-refractivity contribution is 7.86. The number of benzene rings is 1. The minimum absolute atomic E-state index is 0.00879. The number of hydrogen-bond acceptors (Lipinski definition) is 3. The lowest BCUT2D eigenvalue weighted by molar-refractivity contribution is -0.113. The Balaban J connectivity index is 2.65. The molecular weight excluding hydrogens is 236 g/mol. The van der Waals surface area contributed by atoms with Crippen LogP contribution in [0.2, 0.25) is 0 Å². The summed E-state index contributed by atoms with van der Waals surface area (Å²) >= 11 is 0. The summed E-state index contributed by atoms with van der Waals surface area (Å²) in [4.78, 5) is 11.7. The number of hydrogen-bond donors (Lipinski definition) is 2. The standard InChI is InChI=1S/C12H18N2O2S/c1-9(2)17(16)8-12(15)14-11-6-4-3-5-10(11)7-13/h3-6,9H,7-8,13H2,1-2H3,(H,14,15). The van der Waals surface area contributed by atoms with E-state index in [0.717, 1.165) is 5.56 Å². The van der Waals surface area contributed by atoms with Crippen molar-refractivity contribution in [1.29, 1.82) is 0 Å². The van der Waals surface area contributed by atoms with E-state index < -0.39 is 10.8 Å². The molecule has 1 rings (SSSR count). The van der Waals surface area contributed by atoms with Crippen LogP contribution in [-0.4, -0.2) is 21.1 Å². The topological polar surface area (TPSA) is 72.2 Å². The van der Waals surface area contributed by atoms with Crippen LogP contribution in [0, 0.1) is 0 Å². The molecule has 0 bridgehead atoms. The van der Waals surface area contributed by atoms with Crippen molar-refractivity contribution in [2.75, 3.05) is 11.1 Å². The SMILES string of the molecule is CC(C)S(=O)CC(=O)Nc1ccccc1CN. The number of nitrogens with one attached hydrogen (secondary N) is 1. The summed E-state index contributed by atoms with van der Waals surface area (Å²) in [5.41, 5.74) is 7.13. The lowest BCUT2D eigenvalue weighted by atomic mass is 10.2. The molecule has 4 nitrogen and oxygen atoms in total. The van der Waals surface area contributed by atoms with E-state index in [0.29, 0.717) is 12.2 Å². The second kappa shape index (κ2) is 6.51. The third-order valence-corrected chi connectivity index (χ3v) is 3.91. The lowest BCUT2D eigenvalue weighted by Crippen LogP contribution is -2.24. The van der Waals surface area contributed by atoms with Crippen LogP contribution in [0.3, 0.4) is 0 Å². The Morgan fingerprint density at radius 3 is 2.65 bits per heavy atom. The summed E-state index contributed by atoms with van der Waals surface area (Å²) in [5.74, 6) is -0.214. The predicted octanol–water partition coefficient (Wildman–Crippen LogP) is 1.24. The number of para-hydroxylation sites is 1. The van der Waals surface area contributed by atoms with Crippen molar-refractivity contribution < 1.29 is 9.00 Å². The van der Waals surface area contributed by atoms with Crippen LogP contribution in [0.5, 0.6) is 0 Å². The molecule has 0 aliphatic heterocycles. The molecule has 1 aromatic carbocycles. The number of carbonyl (C=O) groups is 1. The van der Waals surface area contributed by atoms with E-state index in [1.165, 1.54) is 0 Å². The number of amides is 1. The first-order valence-electron chi connectivity index (χ1n) is 5.49. The molecule has 3 N–H and O–H groups in total. The Bertz CT molecular complexity index is 419. The summed E-state index contributed by atoms with van der Waals surface area (Å²) in [5, 5.41) is 2.73. The van der Waals surface area contributed by atoms with Crippen LogP contribution >= 0.6 is 0 Å². The zero-order chi connectivity index (χ0) is 12.8. The molecule has 5 heteroatoms. The third-order valence-electron chi connectivity index (χ3n) is 2.31. The first-order chi connectivity index (χ1) is 8.04. The van der Waals surface area contributed by atoms with Crippen LogP contribution in [-0.2, 0) is 22.1 Å². The number of anilines is 1. The van der Waals surface area contributed by atoms with Crippen LogP contribution in [0.4, 0.5) is 5.69 Å². The van der Waals surface area contributed by atoms with E-state index in [4.69, 9.17) is 5.73 Å². The van der Waals surface area contributed by atoms with Crippen molar-refractivity contribution >= 4 is 22.4 Å². The average Bonchev–Trinajstić information content (AvgIpc) is 2.29. The zero-order valence-electron chi connectivity index (χ0n) is 10.1. The second-order valence-electron chi connectivity index (χ2n) is 3.98. The minimum Gasteiger partial charge on any atom is -0.326 e. The van der Waals surface area contributed by atoms with E-state index in [1.54, 1.807) is 6.07 Å². The van der Waals surface area contributed by atoms with Gasteiger partial charge in [-0.05, 0) is 11.6 Å². The van der Waals surface area contributed by atoms with Crippen LogP contribution in [0.1, 0.15) is 19.4 Å². The summed E-state index contributed by atoms with van der Waals surface area (Å²) in [6.07, 6.45) is 0. The van der Waals surface area contributed by atoms with Gasteiger partial charge >= 0.3 is 0 Å². The molecule has 0 radical (unpaired) electrons. The molecule has 0 spiro atoms. The van der Waals surface area contributed by atoms with Gasteiger partial charge in [-0.15, -0.1) is 0 Å². The summed E-state index contributed by atoms with van der Waals surface area (Å²) in [7, 11) is -1.13. The van der Waals surface area contributed by atoms with Crippen LogP contribution < -0.4 is 11.1 Å². The highest BCUT2D eigenvalue weighted by Crippen LogP contribution is 2.14. The Morgan fingerprint density at radius 1 is 1.41 bits per heavy atom. The zero-order valence-corrected chi connectivity index (χ0v) is 10.9. The molecule has 0 aliphatic carbocycles. The molecule has 1 unspecified atom stereocenters. The van der Waals surface area contributed by atoms with Gasteiger partial charge in [0, 0.05) is 28.3 Å². The first kappa shape index (κ1) is 13.9. The van der Waals surface area contributed by atoms with E-state index in [1.807, 2.05) is 32.0 Å². The second-order valence-corrected chi connectivity index (χ2v) is 5.98. The lowest BCUT2D eigenvalue weighted by Gasteiger charge is -2.10. The van der Waals surface area contributed by atoms with Gasteiger partial charge in [0.25, 0.3) is 0 Å². The smallest absolute Gasteiger partial charge is 0.237 e. The number of rotatable bonds is 5. The first-order valence-corrected chi connectivity index (χ1v) is 6.87. The van der Waals surface area contributed by atoms with Crippen molar-refractivity contribution in [3.8, 4) is 0 Å². The van der Waals surface area contributed by atoms with E-state index in [9.17, 15) is 9.00 Å². The maximum absolute atomic E-state index is 11.7. The third kappa shape index (κ3) is 4.28. The van der Waals surface area contributed by atoms with Crippen molar-refractivity contribution in [2.45, 2.75) is 25.6 Å². The van der Waals surface area contributed by atoms with Gasteiger partial charge in [-0.2, -0.15) is 0 Å². The van der Waals surface area contributed by atoms with Crippen molar-refractivity contribution in [3.63, 3.8) is 0 Å². The van der Waals surface area contributed by atoms with Crippen molar-refractivity contribution in [2.24, 2.45) is 5.73 Å². The van der Waals surface area contributed by atoms with Gasteiger partial charge < -0.3 is 11.1 Å². The van der Waals surface area contributed by atoms with Gasteiger partial charge in [0.15, 0.2) is 0 Å². The fraction of sp³-hybridized carbons (Fsp3) is 0.417. The normalized spacial score (nSPS) is 12.5. The molecule has 1 atom stereocenters. The van der Waals surface area contributed by atoms with Gasteiger partial charge in [-0.3, -0.25) is 9.00 Å². The van der Waals surface area contributed by atoms with E-state index >= 15 is 0 Å². The van der Waals surface area contributed by atoms with Gasteiger partial charge in [0.05, 0.1) is 0 Å². The average molecular weight is 254 g/mol. The maximum Gasteiger partial charge on any atom is 0.237 e. The Morgan fingerprint density at radius 2 is 2.06 bits per heavy atom. The van der Waals surface area contributed by atoms with Gasteiger partial charge in [-0.25, -0.2) is 0 Å². The molecule has 0 heterocycles. The molecule has 1 amide bonds. The minimum atomic E-state index is -1.13. The summed E-state index contributed by atoms with van der Waals surface area (Å²) in [6.45, 7) is 4.03. The van der Waals surface area contributed by atoms with E-state index in [-0.39, 0.29) is 16.9 Å². The quantitative estimate of drug-likeness (QED) is 0.830. The number of nitrogens with two attached hydrogens (primary N) is 1. The Kier molecular flexibility index (Phi) is 5.31. The molecule has 0 fully saturated rings. The molecule has 0 saturated heterocycles. The molecule has 94 valence electrons. The monoisotopic (exact) mass is 254 g/mol. The molecule has 1 aromatic rings. The van der Waals surface area contributed by atoms with E-state index in [2.05, 4.69) is 5.32 Å².